The van der Waals surface area contributed by atoms with E-state index in [-0.39, 0.29) is 5.41 Å². The maximum Gasteiger partial charge on any atom is 0.488 e. The molecule has 0 saturated carbocycles. The summed E-state index contributed by atoms with van der Waals surface area (Å²) in [5.74, 6) is 0. The maximum atomic E-state index is 9.48. The Bertz CT molecular complexity index is 2260. The van der Waals surface area contributed by atoms with E-state index in [0.717, 1.165) is 39.2 Å². The topological polar surface area (TPSA) is 53.4 Å². The second-order valence-electron chi connectivity index (χ2n) is 13.1. The molecule has 3 nitrogen and oxygen atoms in total. The van der Waals surface area contributed by atoms with Gasteiger partial charge < -0.3 is 10.0 Å². The van der Waals surface area contributed by atoms with Crippen LogP contribution in [0.4, 0.5) is 0 Å². The number of pyridine rings is 1. The second-order valence-corrected chi connectivity index (χ2v) is 13.1. The second kappa shape index (κ2) is 11.9. The van der Waals surface area contributed by atoms with Crippen molar-refractivity contribution >= 4 is 12.6 Å². The number of hydrogen-bond acceptors (Lipinski definition) is 3. The number of rotatable bonds is 6. The normalized spacial score (nSPS) is 12.8. The summed E-state index contributed by atoms with van der Waals surface area (Å²) in [6.07, 6.45) is 0. The molecule has 6 aromatic carbocycles. The fourth-order valence-electron chi connectivity index (χ4n) is 7.02. The van der Waals surface area contributed by atoms with Crippen LogP contribution in [0, 0.1) is 0 Å². The minimum atomic E-state index is -1.48. The molecular formula is C44H34BNO2. The average molecular weight is 620 g/mol. The molecule has 8 rings (SSSR count). The van der Waals surface area contributed by atoms with E-state index in [0.29, 0.717) is 5.46 Å². The third kappa shape index (κ3) is 5.35. The highest BCUT2D eigenvalue weighted by molar-refractivity contribution is 6.58. The fraction of sp³-hybridized carbons (Fsp3) is 0.0682. The lowest BCUT2D eigenvalue weighted by molar-refractivity contribution is 0.426. The Morgan fingerprint density at radius 1 is 0.417 bits per heavy atom. The zero-order chi connectivity index (χ0) is 32.8. The van der Waals surface area contributed by atoms with Gasteiger partial charge in [-0.1, -0.05) is 153 Å². The summed E-state index contributed by atoms with van der Waals surface area (Å²) in [6, 6.07) is 54.9. The smallest absolute Gasteiger partial charge is 0.423 e. The largest absolute Gasteiger partial charge is 0.488 e. The molecule has 0 bridgehead atoms. The van der Waals surface area contributed by atoms with Gasteiger partial charge in [0.15, 0.2) is 0 Å². The number of nitrogens with zero attached hydrogens (tertiary/aromatic N) is 1. The Labute approximate surface area is 282 Å². The molecule has 0 radical (unpaired) electrons. The lowest BCUT2D eigenvalue weighted by Crippen LogP contribution is -2.29. The average Bonchev–Trinajstić information content (AvgIpc) is 3.37. The third-order valence-corrected chi connectivity index (χ3v) is 9.75. The van der Waals surface area contributed by atoms with Crippen LogP contribution in [-0.4, -0.2) is 22.2 Å². The Kier molecular flexibility index (Phi) is 7.41. The SMILES string of the molecule is CC1(C)c2ccccc2-c2ccc(-c3cc(-c4ccc(-c5ccccc5)cc4)nc(-c4ccc(-c5ccc(B(O)O)cc5)cc4)c3)cc21. The van der Waals surface area contributed by atoms with Crippen LogP contribution >= 0.6 is 0 Å². The summed E-state index contributed by atoms with van der Waals surface area (Å²) < 4.78 is 0. The molecule has 1 aromatic heterocycles. The van der Waals surface area contributed by atoms with Crippen LogP contribution in [-0.2, 0) is 5.41 Å². The molecule has 0 amide bonds. The highest BCUT2D eigenvalue weighted by Crippen LogP contribution is 2.49. The van der Waals surface area contributed by atoms with Crippen molar-refractivity contribution in [1.29, 1.82) is 0 Å². The minimum absolute atomic E-state index is 0.0861. The summed E-state index contributed by atoms with van der Waals surface area (Å²) in [4.78, 5) is 5.21. The summed E-state index contributed by atoms with van der Waals surface area (Å²) in [5.41, 5.74) is 16.4. The number of benzene rings is 6. The van der Waals surface area contributed by atoms with Crippen LogP contribution < -0.4 is 5.46 Å². The van der Waals surface area contributed by atoms with Crippen molar-refractivity contribution in [2.24, 2.45) is 0 Å². The predicted molar refractivity (Wildman–Crippen MR) is 199 cm³/mol. The van der Waals surface area contributed by atoms with E-state index in [1.807, 2.05) is 18.2 Å². The summed E-state index contributed by atoms with van der Waals surface area (Å²) in [6.45, 7) is 4.64. The molecule has 0 spiro atoms. The van der Waals surface area contributed by atoms with Crippen LogP contribution in [0.3, 0.4) is 0 Å². The van der Waals surface area contributed by atoms with E-state index in [9.17, 15) is 10.0 Å². The van der Waals surface area contributed by atoms with E-state index >= 15 is 0 Å². The molecule has 1 aliphatic carbocycles. The van der Waals surface area contributed by atoms with Crippen molar-refractivity contribution < 1.29 is 10.0 Å². The van der Waals surface area contributed by atoms with Gasteiger partial charge in [-0.05, 0) is 79.3 Å². The Morgan fingerprint density at radius 2 is 0.875 bits per heavy atom. The van der Waals surface area contributed by atoms with E-state index in [4.69, 9.17) is 4.98 Å². The molecule has 230 valence electrons. The van der Waals surface area contributed by atoms with E-state index in [1.165, 1.54) is 38.9 Å². The van der Waals surface area contributed by atoms with Gasteiger partial charge in [-0.3, -0.25) is 0 Å². The van der Waals surface area contributed by atoms with Crippen molar-refractivity contribution in [2.75, 3.05) is 0 Å². The van der Waals surface area contributed by atoms with Crippen molar-refractivity contribution in [2.45, 2.75) is 19.3 Å². The fourth-order valence-corrected chi connectivity index (χ4v) is 7.02. The standard InChI is InChI=1S/C44H34BNO2/c1-44(2)40-11-7-6-10-38(40)39-25-22-35(26-41(39)44)36-27-42(33-16-12-30(13-17-33)29-8-4-3-5-9-29)46-43(28-36)34-18-14-31(15-19-34)32-20-23-37(24-21-32)45(47)48/h3-28,47-48H,1-2H3. The van der Waals surface area contributed by atoms with Gasteiger partial charge in [-0.25, -0.2) is 4.98 Å². The molecule has 0 atom stereocenters. The lowest BCUT2D eigenvalue weighted by atomic mass is 9.80. The van der Waals surface area contributed by atoms with Gasteiger partial charge in [0.1, 0.15) is 0 Å². The molecule has 0 aliphatic heterocycles. The van der Waals surface area contributed by atoms with Gasteiger partial charge in [-0.2, -0.15) is 0 Å². The zero-order valence-electron chi connectivity index (χ0n) is 26.9. The molecule has 0 saturated heterocycles. The Hall–Kier alpha value is -5.55. The third-order valence-electron chi connectivity index (χ3n) is 9.75. The maximum absolute atomic E-state index is 9.48. The van der Waals surface area contributed by atoms with Gasteiger partial charge in [0.2, 0.25) is 0 Å². The van der Waals surface area contributed by atoms with Crippen LogP contribution in [0.2, 0.25) is 0 Å². The van der Waals surface area contributed by atoms with Gasteiger partial charge in [0.25, 0.3) is 0 Å². The van der Waals surface area contributed by atoms with Gasteiger partial charge >= 0.3 is 7.12 Å². The monoisotopic (exact) mass is 619 g/mol. The predicted octanol–water partition coefficient (Wildman–Crippen LogP) is 9.40. The highest BCUT2D eigenvalue weighted by atomic mass is 16.4. The van der Waals surface area contributed by atoms with E-state index in [1.54, 1.807) is 12.1 Å². The Morgan fingerprint density at radius 3 is 1.46 bits per heavy atom. The first kappa shape index (κ1) is 29.8. The van der Waals surface area contributed by atoms with Crippen LogP contribution in [0.15, 0.2) is 158 Å². The van der Waals surface area contributed by atoms with Gasteiger partial charge in [-0.15, -0.1) is 0 Å². The molecule has 1 aliphatic rings. The molecule has 0 unspecified atom stereocenters. The zero-order valence-corrected chi connectivity index (χ0v) is 26.9. The highest BCUT2D eigenvalue weighted by Gasteiger charge is 2.35. The molecule has 0 fully saturated rings. The van der Waals surface area contributed by atoms with Crippen LogP contribution in [0.1, 0.15) is 25.0 Å². The number of fused-ring (bicyclic) bond motifs is 3. The van der Waals surface area contributed by atoms with Crippen LogP contribution in [0.5, 0.6) is 0 Å². The summed E-state index contributed by atoms with van der Waals surface area (Å²) in [5, 5.41) is 19.0. The summed E-state index contributed by atoms with van der Waals surface area (Å²) in [7, 11) is -1.48. The number of hydrogen-bond donors (Lipinski definition) is 2. The first-order chi connectivity index (χ1) is 23.3. The molecule has 7 aromatic rings. The lowest BCUT2D eigenvalue weighted by Gasteiger charge is -2.22. The first-order valence-electron chi connectivity index (χ1n) is 16.3. The Balaban J connectivity index is 1.21. The molecular weight excluding hydrogens is 585 g/mol. The van der Waals surface area contributed by atoms with Gasteiger partial charge in [0.05, 0.1) is 11.4 Å². The quantitative estimate of drug-likeness (QED) is 0.182. The van der Waals surface area contributed by atoms with Crippen LogP contribution in [0.25, 0.3) is 67.0 Å². The molecule has 2 N–H and O–H groups in total. The van der Waals surface area contributed by atoms with E-state index in [2.05, 4.69) is 141 Å². The van der Waals surface area contributed by atoms with Gasteiger partial charge in [0, 0.05) is 16.5 Å². The van der Waals surface area contributed by atoms with Crippen molar-refractivity contribution in [3.63, 3.8) is 0 Å². The minimum Gasteiger partial charge on any atom is -0.423 e. The first-order valence-corrected chi connectivity index (χ1v) is 16.3. The summed E-state index contributed by atoms with van der Waals surface area (Å²) >= 11 is 0. The molecule has 48 heavy (non-hydrogen) atoms. The van der Waals surface area contributed by atoms with E-state index < -0.39 is 7.12 Å². The van der Waals surface area contributed by atoms with Crippen molar-refractivity contribution in [1.82, 2.24) is 4.98 Å². The molecule has 4 heteroatoms. The molecule has 1 heterocycles. The van der Waals surface area contributed by atoms with Crippen molar-refractivity contribution in [3.8, 4) is 67.0 Å². The number of aromatic nitrogens is 1. The van der Waals surface area contributed by atoms with Crippen molar-refractivity contribution in [3.05, 3.63) is 169 Å².